The lowest BCUT2D eigenvalue weighted by atomic mass is 9.49. The maximum Gasteiger partial charge on any atom is 0.413 e. The molecular weight excluding hydrogens is 376 g/mol. The molecule has 1 heterocycles. The summed E-state index contributed by atoms with van der Waals surface area (Å²) < 4.78 is 9.67. The first kappa shape index (κ1) is 20.2. The SMILES string of the molecule is COC(=O)NC(=O)[C@@H](C)OC(=O)[C@@H]1CCCN1C(=O)C12CC3CC(CC(C3)C1)C2. The van der Waals surface area contributed by atoms with E-state index in [0.717, 1.165) is 32.8 Å². The Morgan fingerprint density at radius 3 is 2.17 bits per heavy atom. The molecular formula is C21H30N2O6. The number of carbonyl (C=O) groups is 4. The molecule has 8 heteroatoms. The number of hydrogen-bond donors (Lipinski definition) is 1. The number of rotatable bonds is 4. The van der Waals surface area contributed by atoms with Gasteiger partial charge in [-0.25, -0.2) is 9.59 Å². The topological polar surface area (TPSA) is 102 Å². The molecule has 4 saturated carbocycles. The van der Waals surface area contributed by atoms with Crippen molar-refractivity contribution in [3.8, 4) is 0 Å². The highest BCUT2D eigenvalue weighted by molar-refractivity contribution is 5.95. The van der Waals surface area contributed by atoms with Crippen LogP contribution in [0.5, 0.6) is 0 Å². The summed E-state index contributed by atoms with van der Waals surface area (Å²) in [6, 6.07) is -0.649. The lowest BCUT2D eigenvalue weighted by Crippen LogP contribution is -2.56. The van der Waals surface area contributed by atoms with Crippen LogP contribution in [0.25, 0.3) is 0 Å². The van der Waals surface area contributed by atoms with Gasteiger partial charge in [-0.3, -0.25) is 14.9 Å². The summed E-state index contributed by atoms with van der Waals surface area (Å²) >= 11 is 0. The van der Waals surface area contributed by atoms with E-state index in [9.17, 15) is 19.2 Å². The van der Waals surface area contributed by atoms with Crippen LogP contribution in [0.3, 0.4) is 0 Å². The number of nitrogens with zero attached hydrogens (tertiary/aromatic N) is 1. The van der Waals surface area contributed by atoms with E-state index in [1.807, 2.05) is 5.32 Å². The second-order valence-electron chi connectivity index (χ2n) is 9.41. The van der Waals surface area contributed by atoms with Gasteiger partial charge in [0.05, 0.1) is 12.5 Å². The van der Waals surface area contributed by atoms with Gasteiger partial charge < -0.3 is 14.4 Å². The molecule has 0 radical (unpaired) electrons. The van der Waals surface area contributed by atoms with E-state index >= 15 is 0 Å². The van der Waals surface area contributed by atoms with E-state index in [1.165, 1.54) is 26.2 Å². The van der Waals surface area contributed by atoms with Crippen molar-refractivity contribution in [2.75, 3.05) is 13.7 Å². The zero-order chi connectivity index (χ0) is 20.8. The predicted octanol–water partition coefficient (Wildman–Crippen LogP) is 2.01. The lowest BCUT2D eigenvalue weighted by molar-refractivity contribution is -0.168. The normalized spacial score (nSPS) is 35.9. The van der Waals surface area contributed by atoms with Crippen LogP contribution in [0.4, 0.5) is 4.79 Å². The standard InChI is InChI=1S/C21H30N2O6/c1-12(17(24)22-20(27)28-2)29-18(25)16-4-3-5-23(16)19(26)21-9-13-6-14(10-21)8-15(7-13)11-21/h12-16H,3-11H2,1-2H3,(H,22,24,27)/t12-,13?,14?,15?,16+,21?/m1/s1. The Morgan fingerprint density at radius 1 is 1.03 bits per heavy atom. The van der Waals surface area contributed by atoms with Crippen molar-refractivity contribution in [3.05, 3.63) is 0 Å². The number of hydrogen-bond acceptors (Lipinski definition) is 6. The minimum absolute atomic E-state index is 0.114. The van der Waals surface area contributed by atoms with Gasteiger partial charge in [0, 0.05) is 6.54 Å². The maximum absolute atomic E-state index is 13.6. The van der Waals surface area contributed by atoms with Crippen LogP contribution in [0.15, 0.2) is 0 Å². The summed E-state index contributed by atoms with van der Waals surface area (Å²) in [6.45, 7) is 1.96. The van der Waals surface area contributed by atoms with Gasteiger partial charge in [-0.05, 0) is 76.0 Å². The third-order valence-electron chi connectivity index (χ3n) is 7.35. The molecule has 2 atom stereocenters. The van der Waals surface area contributed by atoms with Crippen molar-refractivity contribution in [3.63, 3.8) is 0 Å². The third kappa shape index (κ3) is 3.73. The van der Waals surface area contributed by atoms with Crippen molar-refractivity contribution >= 4 is 23.9 Å². The third-order valence-corrected chi connectivity index (χ3v) is 7.35. The highest BCUT2D eigenvalue weighted by atomic mass is 16.6. The number of alkyl carbamates (subject to hydrolysis) is 1. The largest absolute Gasteiger partial charge is 0.453 e. The number of carbonyl (C=O) groups excluding carboxylic acids is 4. The van der Waals surface area contributed by atoms with Gasteiger partial charge in [-0.1, -0.05) is 0 Å². The number of nitrogens with one attached hydrogen (secondary N) is 1. The Balaban J connectivity index is 1.41. The van der Waals surface area contributed by atoms with E-state index in [2.05, 4.69) is 4.74 Å². The first-order valence-corrected chi connectivity index (χ1v) is 10.7. The molecule has 5 aliphatic rings. The molecule has 0 aromatic heterocycles. The average molecular weight is 406 g/mol. The van der Waals surface area contributed by atoms with E-state index in [1.54, 1.807) is 4.90 Å². The van der Waals surface area contributed by atoms with Crippen LogP contribution in [0.2, 0.25) is 0 Å². The highest BCUT2D eigenvalue weighted by Crippen LogP contribution is 2.60. The first-order valence-electron chi connectivity index (χ1n) is 10.7. The number of ether oxygens (including phenoxy) is 2. The van der Waals surface area contributed by atoms with Gasteiger partial charge in [0.15, 0.2) is 6.10 Å². The molecule has 160 valence electrons. The Bertz CT molecular complexity index is 685. The minimum Gasteiger partial charge on any atom is -0.453 e. The van der Waals surface area contributed by atoms with Crippen LogP contribution in [-0.4, -0.2) is 54.6 Å². The number of likely N-dealkylation sites (tertiary alicyclic amines) is 1. The molecule has 1 aliphatic heterocycles. The van der Waals surface area contributed by atoms with E-state index in [-0.39, 0.29) is 11.3 Å². The molecule has 4 bridgehead atoms. The minimum atomic E-state index is -1.14. The molecule has 3 amide bonds. The average Bonchev–Trinajstić information content (AvgIpc) is 3.15. The highest BCUT2D eigenvalue weighted by Gasteiger charge is 2.57. The molecule has 8 nitrogen and oxygen atoms in total. The summed E-state index contributed by atoms with van der Waals surface area (Å²) in [5.41, 5.74) is -0.300. The number of esters is 1. The number of imide groups is 1. The van der Waals surface area contributed by atoms with Gasteiger partial charge >= 0.3 is 12.1 Å². The fraction of sp³-hybridized carbons (Fsp3) is 0.810. The monoisotopic (exact) mass is 406 g/mol. The van der Waals surface area contributed by atoms with Crippen LogP contribution in [-0.2, 0) is 23.9 Å². The summed E-state index contributed by atoms with van der Waals surface area (Å²) in [4.78, 5) is 51.2. The molecule has 5 rings (SSSR count). The zero-order valence-corrected chi connectivity index (χ0v) is 17.1. The zero-order valence-electron chi connectivity index (χ0n) is 17.1. The molecule has 5 fully saturated rings. The molecule has 1 saturated heterocycles. The van der Waals surface area contributed by atoms with Gasteiger partial charge in [-0.2, -0.15) is 0 Å². The van der Waals surface area contributed by atoms with Gasteiger partial charge in [0.1, 0.15) is 6.04 Å². The maximum atomic E-state index is 13.6. The molecule has 0 spiro atoms. The molecule has 0 aromatic carbocycles. The van der Waals surface area contributed by atoms with Crippen LogP contribution in [0.1, 0.15) is 58.3 Å². The quantitative estimate of drug-likeness (QED) is 0.717. The summed E-state index contributed by atoms with van der Waals surface area (Å²) in [7, 11) is 1.14. The summed E-state index contributed by atoms with van der Waals surface area (Å²) in [5, 5.41) is 1.99. The fourth-order valence-corrected chi connectivity index (χ4v) is 6.49. The van der Waals surface area contributed by atoms with E-state index < -0.39 is 30.1 Å². The Morgan fingerprint density at radius 2 is 1.62 bits per heavy atom. The molecule has 0 aromatic rings. The lowest BCUT2D eigenvalue weighted by Gasteiger charge is -2.56. The predicted molar refractivity (Wildman–Crippen MR) is 101 cm³/mol. The second-order valence-corrected chi connectivity index (χ2v) is 9.41. The van der Waals surface area contributed by atoms with Crippen LogP contribution >= 0.6 is 0 Å². The van der Waals surface area contributed by atoms with Crippen molar-refractivity contribution in [1.29, 1.82) is 0 Å². The van der Waals surface area contributed by atoms with Crippen molar-refractivity contribution in [2.45, 2.75) is 70.4 Å². The number of methoxy groups -OCH3 is 1. The van der Waals surface area contributed by atoms with Crippen molar-refractivity contribution < 1.29 is 28.7 Å². The van der Waals surface area contributed by atoms with Crippen molar-refractivity contribution in [2.24, 2.45) is 23.2 Å². The molecule has 29 heavy (non-hydrogen) atoms. The van der Waals surface area contributed by atoms with Gasteiger partial charge in [0.2, 0.25) is 5.91 Å². The van der Waals surface area contributed by atoms with Crippen LogP contribution in [0, 0.1) is 23.2 Å². The van der Waals surface area contributed by atoms with Gasteiger partial charge in [0.25, 0.3) is 5.91 Å². The first-order chi connectivity index (χ1) is 13.8. The van der Waals surface area contributed by atoms with Gasteiger partial charge in [-0.15, -0.1) is 0 Å². The number of amides is 3. The summed E-state index contributed by atoms with van der Waals surface area (Å²) in [6.07, 6.45) is 5.87. The molecule has 1 N–H and O–H groups in total. The van der Waals surface area contributed by atoms with E-state index in [4.69, 9.17) is 4.74 Å². The Kier molecular flexibility index (Phi) is 5.29. The molecule has 0 unspecified atom stereocenters. The Labute approximate surface area is 170 Å². The van der Waals surface area contributed by atoms with Crippen molar-refractivity contribution in [1.82, 2.24) is 10.2 Å². The van der Waals surface area contributed by atoms with Crippen LogP contribution < -0.4 is 5.32 Å². The smallest absolute Gasteiger partial charge is 0.413 e. The second kappa shape index (κ2) is 7.61. The molecule has 4 aliphatic carbocycles. The fourth-order valence-electron chi connectivity index (χ4n) is 6.49. The summed E-state index contributed by atoms with van der Waals surface area (Å²) in [5.74, 6) is 0.749. The Hall–Kier alpha value is -2.12. The van der Waals surface area contributed by atoms with E-state index in [0.29, 0.717) is 30.7 Å².